The number of hydrogen-bond acceptors (Lipinski definition) is 7. The number of carbonyl (C=O) groups excluding carboxylic acids is 1. The monoisotopic (exact) mass is 607 g/mol. The number of carboxylic acids is 1. The highest BCUT2D eigenvalue weighted by Crippen LogP contribution is 2.21. The zero-order chi connectivity index (χ0) is 31.6. The normalized spacial score (nSPS) is 14.2. The maximum Gasteiger partial charge on any atom is 0.322 e. The number of anilines is 1. The Morgan fingerprint density at radius 2 is 1.67 bits per heavy atom. The van der Waals surface area contributed by atoms with Crippen molar-refractivity contribution >= 4 is 27.8 Å². The lowest BCUT2D eigenvalue weighted by Gasteiger charge is -2.36. The van der Waals surface area contributed by atoms with Gasteiger partial charge in [-0.1, -0.05) is 31.3 Å². The van der Waals surface area contributed by atoms with Crippen LogP contribution in [-0.4, -0.2) is 75.1 Å². The molecule has 1 aliphatic heterocycles. The molecule has 2 aromatic carbocycles. The molecule has 1 saturated heterocycles. The van der Waals surface area contributed by atoms with Crippen LogP contribution in [0.1, 0.15) is 49.2 Å². The number of hydrogen-bond donors (Lipinski definition) is 3. The number of piperazine rings is 1. The molecule has 0 radical (unpaired) electrons. The minimum atomic E-state index is -3.94. The van der Waals surface area contributed by atoms with E-state index in [4.69, 9.17) is 10.00 Å². The third-order valence-electron chi connectivity index (χ3n) is 6.65. The maximum absolute atomic E-state index is 12.7. The summed E-state index contributed by atoms with van der Waals surface area (Å²) in [6.07, 6.45) is 1.90. The molecule has 43 heavy (non-hydrogen) atoms. The molecule has 0 saturated carbocycles. The highest BCUT2D eigenvalue weighted by atomic mass is 32.2. The third kappa shape index (κ3) is 9.58. The van der Waals surface area contributed by atoms with Crippen molar-refractivity contribution in [1.29, 1.82) is 5.26 Å². The zero-order valence-electron chi connectivity index (χ0n) is 24.8. The molecular weight excluding hydrogens is 570 g/mol. The summed E-state index contributed by atoms with van der Waals surface area (Å²) in [5.74, 6) is 4.54. The first kappa shape index (κ1) is 33.1. The first-order valence-electron chi connectivity index (χ1n) is 13.8. The van der Waals surface area contributed by atoms with Crippen LogP contribution in [0.3, 0.4) is 0 Å². The van der Waals surface area contributed by atoms with Gasteiger partial charge >= 0.3 is 5.97 Å². The SMILES string of the molecule is CC(C)=CCOc1ccc(C#Cc2ccc(N3CCN(S(=O)(=O)NC(C(=O)O)C(C)C)CC3)cc2)cc1C(=O)NCC#N. The molecule has 2 aromatic rings. The fourth-order valence-electron chi connectivity index (χ4n) is 4.22. The molecule has 1 atom stereocenters. The van der Waals surface area contributed by atoms with Crippen molar-refractivity contribution in [3.8, 4) is 23.7 Å². The van der Waals surface area contributed by atoms with E-state index in [-0.39, 0.29) is 19.6 Å². The van der Waals surface area contributed by atoms with Crippen LogP contribution in [0.15, 0.2) is 54.1 Å². The van der Waals surface area contributed by atoms with Gasteiger partial charge in [-0.15, -0.1) is 0 Å². The lowest BCUT2D eigenvalue weighted by atomic mass is 10.1. The summed E-state index contributed by atoms with van der Waals surface area (Å²) in [5, 5.41) is 20.7. The number of benzene rings is 2. The van der Waals surface area contributed by atoms with E-state index < -0.39 is 34.0 Å². The van der Waals surface area contributed by atoms with E-state index in [0.29, 0.717) is 36.6 Å². The topological polar surface area (TPSA) is 152 Å². The van der Waals surface area contributed by atoms with Gasteiger partial charge in [0, 0.05) is 43.0 Å². The molecule has 1 heterocycles. The average molecular weight is 608 g/mol. The standard InChI is InChI=1S/C31H37N5O6S/c1-22(2)13-20-42-28-12-9-25(21-27(28)30(37)33-15-14-32)6-5-24-7-10-26(11-8-24)35-16-18-36(19-17-35)43(40,41)34-29(23(3)4)31(38)39/h7-13,21,23,29,34H,15-20H2,1-4H3,(H,33,37)(H,38,39). The highest BCUT2D eigenvalue weighted by molar-refractivity contribution is 7.87. The summed E-state index contributed by atoms with van der Waals surface area (Å²) in [4.78, 5) is 26.1. The molecule has 0 aromatic heterocycles. The van der Waals surface area contributed by atoms with Crippen molar-refractivity contribution in [2.45, 2.75) is 33.7 Å². The molecule has 1 amide bonds. The molecule has 0 aliphatic carbocycles. The summed E-state index contributed by atoms with van der Waals surface area (Å²) in [7, 11) is -3.94. The second-order valence-corrected chi connectivity index (χ2v) is 12.2. The second-order valence-electron chi connectivity index (χ2n) is 10.5. The average Bonchev–Trinajstić information content (AvgIpc) is 2.98. The van der Waals surface area contributed by atoms with Crippen LogP contribution in [0.5, 0.6) is 5.75 Å². The van der Waals surface area contributed by atoms with Gasteiger partial charge in [0.25, 0.3) is 16.1 Å². The first-order chi connectivity index (χ1) is 20.4. The smallest absolute Gasteiger partial charge is 0.322 e. The van der Waals surface area contributed by atoms with E-state index in [2.05, 4.69) is 26.8 Å². The zero-order valence-corrected chi connectivity index (χ0v) is 25.6. The Kier molecular flexibility index (Phi) is 11.7. The van der Waals surface area contributed by atoms with Gasteiger partial charge in [0.05, 0.1) is 11.6 Å². The van der Waals surface area contributed by atoms with E-state index in [9.17, 15) is 23.1 Å². The molecule has 0 bridgehead atoms. The number of carboxylic acid groups (broad SMARTS) is 1. The molecule has 1 aliphatic rings. The van der Waals surface area contributed by atoms with Gasteiger partial charge in [-0.2, -0.15) is 22.7 Å². The van der Waals surface area contributed by atoms with E-state index in [0.717, 1.165) is 16.8 Å². The summed E-state index contributed by atoms with van der Waals surface area (Å²) in [5.41, 5.74) is 3.65. The van der Waals surface area contributed by atoms with E-state index in [1.807, 2.05) is 50.3 Å². The van der Waals surface area contributed by atoms with E-state index in [1.54, 1.807) is 32.0 Å². The summed E-state index contributed by atoms with van der Waals surface area (Å²) < 4.78 is 34.8. The molecule has 3 N–H and O–H groups in total. The fraction of sp³-hybridized carbons (Fsp3) is 0.387. The van der Waals surface area contributed by atoms with Gasteiger partial charge in [0.1, 0.15) is 24.9 Å². The van der Waals surface area contributed by atoms with Gasteiger partial charge in [-0.05, 0) is 68.3 Å². The van der Waals surface area contributed by atoms with Crippen molar-refractivity contribution in [1.82, 2.24) is 14.3 Å². The Labute approximate surface area is 253 Å². The van der Waals surface area contributed by atoms with Crippen molar-refractivity contribution in [3.05, 3.63) is 70.8 Å². The Bertz CT molecular complexity index is 1540. The van der Waals surface area contributed by atoms with E-state index >= 15 is 0 Å². The van der Waals surface area contributed by atoms with Crippen LogP contribution in [0.25, 0.3) is 0 Å². The number of nitrogens with one attached hydrogen (secondary N) is 2. The first-order valence-corrected chi connectivity index (χ1v) is 15.3. The molecule has 228 valence electrons. The van der Waals surface area contributed by atoms with Crippen LogP contribution < -0.4 is 19.7 Å². The second kappa shape index (κ2) is 15.2. The Hall–Kier alpha value is -4.36. The predicted molar refractivity (Wildman–Crippen MR) is 164 cm³/mol. The molecule has 1 unspecified atom stereocenters. The Morgan fingerprint density at radius 3 is 2.26 bits per heavy atom. The number of amides is 1. The van der Waals surface area contributed by atoms with Crippen LogP contribution >= 0.6 is 0 Å². The summed E-state index contributed by atoms with van der Waals surface area (Å²) in [6.45, 7) is 8.74. The lowest BCUT2D eigenvalue weighted by Crippen LogP contribution is -2.55. The summed E-state index contributed by atoms with van der Waals surface area (Å²) in [6, 6.07) is 13.3. The lowest BCUT2D eigenvalue weighted by molar-refractivity contribution is -0.140. The van der Waals surface area contributed by atoms with Gasteiger partial charge in [-0.3, -0.25) is 9.59 Å². The number of nitriles is 1. The molecule has 0 spiro atoms. The van der Waals surface area contributed by atoms with Crippen molar-refractivity contribution in [2.24, 2.45) is 5.92 Å². The van der Waals surface area contributed by atoms with Gasteiger partial charge in [0.15, 0.2) is 0 Å². The highest BCUT2D eigenvalue weighted by Gasteiger charge is 2.33. The quantitative estimate of drug-likeness (QED) is 0.200. The van der Waals surface area contributed by atoms with Gasteiger partial charge in [-0.25, -0.2) is 0 Å². The molecule has 12 heteroatoms. The van der Waals surface area contributed by atoms with Crippen LogP contribution in [0.2, 0.25) is 0 Å². The molecule has 1 fully saturated rings. The molecular formula is C31H37N5O6S. The van der Waals surface area contributed by atoms with Crippen LogP contribution in [0.4, 0.5) is 5.69 Å². The van der Waals surface area contributed by atoms with Gasteiger partial charge < -0.3 is 20.1 Å². The van der Waals surface area contributed by atoms with Crippen molar-refractivity contribution in [2.75, 3.05) is 44.2 Å². The van der Waals surface area contributed by atoms with E-state index in [1.165, 1.54) is 4.31 Å². The van der Waals surface area contributed by atoms with Crippen LogP contribution in [-0.2, 0) is 15.0 Å². The number of nitrogens with zero attached hydrogens (tertiary/aromatic N) is 3. The van der Waals surface area contributed by atoms with Crippen molar-refractivity contribution < 1.29 is 27.9 Å². The Balaban J connectivity index is 1.67. The Morgan fingerprint density at radius 1 is 1.05 bits per heavy atom. The number of ether oxygens (including phenoxy) is 1. The number of aliphatic carboxylic acids is 1. The third-order valence-corrected chi connectivity index (χ3v) is 8.25. The minimum Gasteiger partial charge on any atom is -0.489 e. The predicted octanol–water partition coefficient (Wildman–Crippen LogP) is 2.75. The molecule has 11 nitrogen and oxygen atoms in total. The minimum absolute atomic E-state index is 0.125. The number of carbonyl (C=O) groups is 2. The fourth-order valence-corrected chi connectivity index (χ4v) is 5.70. The van der Waals surface area contributed by atoms with Gasteiger partial charge in [0.2, 0.25) is 0 Å². The number of allylic oxidation sites excluding steroid dienone is 1. The molecule has 3 rings (SSSR count). The number of rotatable bonds is 11. The largest absolute Gasteiger partial charge is 0.489 e. The summed E-state index contributed by atoms with van der Waals surface area (Å²) >= 11 is 0. The van der Waals surface area contributed by atoms with Crippen LogP contribution in [0, 0.1) is 29.1 Å². The van der Waals surface area contributed by atoms with Crippen molar-refractivity contribution in [3.63, 3.8) is 0 Å². The maximum atomic E-state index is 12.7.